The predicted octanol–water partition coefficient (Wildman–Crippen LogP) is 1.04. The lowest BCUT2D eigenvalue weighted by Crippen LogP contribution is -2.39. The summed E-state index contributed by atoms with van der Waals surface area (Å²) in [7, 11) is 0. The molecule has 114 valence electrons. The van der Waals surface area contributed by atoms with E-state index in [1.807, 2.05) is 37.3 Å². The number of aromatic nitrogens is 3. The Bertz CT molecular complexity index is 695. The summed E-state index contributed by atoms with van der Waals surface area (Å²) in [5, 5.41) is 9.78. The molecule has 0 radical (unpaired) electrons. The van der Waals surface area contributed by atoms with Gasteiger partial charge in [0.15, 0.2) is 5.82 Å². The van der Waals surface area contributed by atoms with E-state index in [1.165, 1.54) is 4.68 Å². The average molecular weight is 299 g/mol. The Balaban J connectivity index is 1.75. The molecule has 2 heterocycles. The molecule has 1 atom stereocenters. The number of benzene rings is 1. The van der Waals surface area contributed by atoms with Crippen LogP contribution in [-0.2, 0) is 22.6 Å². The highest BCUT2D eigenvalue weighted by molar-refractivity contribution is 5.96. The number of carbonyl (C=O) groups is 2. The number of hydrogen-bond acceptors (Lipinski definition) is 4. The van der Waals surface area contributed by atoms with Crippen molar-refractivity contribution >= 4 is 17.8 Å². The van der Waals surface area contributed by atoms with Crippen LogP contribution in [0, 0.1) is 0 Å². The molecule has 7 nitrogen and oxygen atoms in total. The first-order chi connectivity index (χ1) is 10.7. The van der Waals surface area contributed by atoms with Gasteiger partial charge in [-0.05, 0) is 5.56 Å². The third-order valence-electron chi connectivity index (χ3n) is 3.53. The molecule has 2 amide bonds. The normalized spacial score (nSPS) is 16.8. The molecule has 1 aromatic carbocycles. The van der Waals surface area contributed by atoms with Gasteiger partial charge in [-0.1, -0.05) is 37.3 Å². The van der Waals surface area contributed by atoms with Crippen molar-refractivity contribution in [1.29, 1.82) is 0 Å². The van der Waals surface area contributed by atoms with Crippen molar-refractivity contribution in [1.82, 2.24) is 20.1 Å². The highest BCUT2D eigenvalue weighted by atomic mass is 16.2. The molecule has 2 N–H and O–H groups in total. The van der Waals surface area contributed by atoms with E-state index in [-0.39, 0.29) is 18.2 Å². The van der Waals surface area contributed by atoms with Crippen molar-refractivity contribution < 1.29 is 9.59 Å². The zero-order valence-electron chi connectivity index (χ0n) is 12.2. The number of nitrogens with one attached hydrogen (secondary N) is 2. The molecule has 7 heteroatoms. The molecule has 2 aromatic rings. The molecule has 0 aliphatic carbocycles. The summed E-state index contributed by atoms with van der Waals surface area (Å²) in [5.74, 6) is 0.501. The van der Waals surface area contributed by atoms with Crippen LogP contribution in [0.3, 0.4) is 0 Å². The van der Waals surface area contributed by atoms with Crippen LogP contribution in [0.25, 0.3) is 0 Å². The van der Waals surface area contributed by atoms with Crippen molar-refractivity contribution in [3.63, 3.8) is 0 Å². The lowest BCUT2D eigenvalue weighted by Gasteiger charge is -2.22. The molecule has 0 saturated carbocycles. The molecule has 1 unspecified atom stereocenters. The van der Waals surface area contributed by atoms with Gasteiger partial charge in [0.25, 0.3) is 0 Å². The van der Waals surface area contributed by atoms with E-state index in [4.69, 9.17) is 0 Å². The van der Waals surface area contributed by atoms with Crippen LogP contribution in [0.5, 0.6) is 0 Å². The number of amides is 2. The predicted molar refractivity (Wildman–Crippen MR) is 80.0 cm³/mol. The highest BCUT2D eigenvalue weighted by Gasteiger charge is 2.32. The van der Waals surface area contributed by atoms with Gasteiger partial charge >= 0.3 is 0 Å². The summed E-state index contributed by atoms with van der Waals surface area (Å²) in [5.41, 5.74) is 1.00. The van der Waals surface area contributed by atoms with E-state index < -0.39 is 6.04 Å². The second-order valence-corrected chi connectivity index (χ2v) is 5.12. The second kappa shape index (κ2) is 5.97. The van der Waals surface area contributed by atoms with E-state index >= 15 is 0 Å². The smallest absolute Gasteiger partial charge is 0.245 e. The molecule has 1 aromatic heterocycles. The molecule has 0 saturated heterocycles. The van der Waals surface area contributed by atoms with Gasteiger partial charge in [-0.3, -0.25) is 14.9 Å². The maximum atomic E-state index is 12.4. The summed E-state index contributed by atoms with van der Waals surface area (Å²) in [6.45, 7) is 2.34. The molecule has 0 bridgehead atoms. The first-order valence-corrected chi connectivity index (χ1v) is 7.24. The van der Waals surface area contributed by atoms with E-state index in [9.17, 15) is 9.59 Å². The summed E-state index contributed by atoms with van der Waals surface area (Å²) in [6.07, 6.45) is 0.717. The lowest BCUT2D eigenvalue weighted by atomic mass is 10.1. The number of rotatable bonds is 4. The first kappa shape index (κ1) is 14.2. The quantitative estimate of drug-likeness (QED) is 0.883. The number of carbonyl (C=O) groups excluding carboxylic acids is 2. The molecule has 3 rings (SSSR count). The molecule has 0 spiro atoms. The fourth-order valence-corrected chi connectivity index (χ4v) is 2.36. The monoisotopic (exact) mass is 299 g/mol. The van der Waals surface area contributed by atoms with Gasteiger partial charge in [-0.25, -0.2) is 4.68 Å². The Morgan fingerprint density at radius 1 is 1.41 bits per heavy atom. The molecule has 1 aliphatic heterocycles. The van der Waals surface area contributed by atoms with Crippen LogP contribution in [0.15, 0.2) is 30.3 Å². The molecule has 1 aliphatic rings. The van der Waals surface area contributed by atoms with Crippen LogP contribution in [0.2, 0.25) is 0 Å². The van der Waals surface area contributed by atoms with Crippen molar-refractivity contribution in [3.8, 4) is 0 Å². The average Bonchev–Trinajstić information content (AvgIpc) is 2.95. The fraction of sp³-hybridized carbons (Fsp3) is 0.333. The largest absolute Gasteiger partial charge is 0.350 e. The minimum absolute atomic E-state index is 0.0696. The fourth-order valence-electron chi connectivity index (χ4n) is 2.36. The maximum absolute atomic E-state index is 12.4. The number of fused-ring (bicyclic) bond motifs is 1. The number of nitrogens with zero attached hydrogens (tertiary/aromatic N) is 3. The van der Waals surface area contributed by atoms with E-state index in [0.29, 0.717) is 24.7 Å². The SMILES string of the molecule is CCc1nc2n(n1)C(C(=O)NCc1ccccc1)CC(=O)N2. The van der Waals surface area contributed by atoms with Crippen LogP contribution in [0.4, 0.5) is 5.95 Å². The van der Waals surface area contributed by atoms with E-state index in [1.54, 1.807) is 0 Å². The van der Waals surface area contributed by atoms with Gasteiger partial charge < -0.3 is 5.32 Å². The van der Waals surface area contributed by atoms with Gasteiger partial charge in [0, 0.05) is 13.0 Å². The highest BCUT2D eigenvalue weighted by Crippen LogP contribution is 2.23. The second-order valence-electron chi connectivity index (χ2n) is 5.12. The van der Waals surface area contributed by atoms with Crippen molar-refractivity contribution in [2.45, 2.75) is 32.4 Å². The van der Waals surface area contributed by atoms with Crippen molar-refractivity contribution in [2.24, 2.45) is 0 Å². The van der Waals surface area contributed by atoms with Crippen LogP contribution < -0.4 is 10.6 Å². The van der Waals surface area contributed by atoms with Crippen molar-refractivity contribution in [3.05, 3.63) is 41.7 Å². The molecular formula is C15H17N5O2. The van der Waals surface area contributed by atoms with Gasteiger partial charge in [-0.15, -0.1) is 0 Å². The number of anilines is 1. The maximum Gasteiger partial charge on any atom is 0.245 e. The molecule has 22 heavy (non-hydrogen) atoms. The Hall–Kier alpha value is -2.70. The molecular weight excluding hydrogens is 282 g/mol. The lowest BCUT2D eigenvalue weighted by molar-refractivity contribution is -0.129. The Kier molecular flexibility index (Phi) is 3.86. The zero-order chi connectivity index (χ0) is 15.5. The molecule has 0 fully saturated rings. The number of hydrogen-bond donors (Lipinski definition) is 2. The summed E-state index contributed by atoms with van der Waals surface area (Å²) >= 11 is 0. The number of aryl methyl sites for hydroxylation is 1. The van der Waals surface area contributed by atoms with Gasteiger partial charge in [-0.2, -0.15) is 10.1 Å². The van der Waals surface area contributed by atoms with Crippen LogP contribution in [0.1, 0.15) is 30.8 Å². The van der Waals surface area contributed by atoms with Gasteiger partial charge in [0.05, 0.1) is 6.42 Å². The van der Waals surface area contributed by atoms with Crippen LogP contribution >= 0.6 is 0 Å². The van der Waals surface area contributed by atoms with Gasteiger partial charge in [0.1, 0.15) is 6.04 Å². The Morgan fingerprint density at radius 2 is 2.18 bits per heavy atom. The Morgan fingerprint density at radius 3 is 2.91 bits per heavy atom. The van der Waals surface area contributed by atoms with Gasteiger partial charge in [0.2, 0.25) is 17.8 Å². The summed E-state index contributed by atoms with van der Waals surface area (Å²) < 4.78 is 1.50. The van der Waals surface area contributed by atoms with E-state index in [2.05, 4.69) is 20.7 Å². The first-order valence-electron chi connectivity index (χ1n) is 7.24. The summed E-state index contributed by atoms with van der Waals surface area (Å²) in [4.78, 5) is 28.3. The zero-order valence-corrected chi connectivity index (χ0v) is 12.2. The topological polar surface area (TPSA) is 88.9 Å². The minimum Gasteiger partial charge on any atom is -0.350 e. The standard InChI is InChI=1S/C15H17N5O2/c1-2-12-17-15-18-13(21)8-11(20(15)19-12)14(22)16-9-10-6-4-3-5-7-10/h3-7,11H,2,8-9H2,1H3,(H,16,22)(H,17,18,19,21). The van der Waals surface area contributed by atoms with E-state index in [0.717, 1.165) is 5.56 Å². The third-order valence-corrected chi connectivity index (χ3v) is 3.53. The minimum atomic E-state index is -0.653. The third kappa shape index (κ3) is 2.83. The van der Waals surface area contributed by atoms with Crippen LogP contribution in [-0.4, -0.2) is 26.6 Å². The van der Waals surface area contributed by atoms with Crippen molar-refractivity contribution in [2.75, 3.05) is 5.32 Å². The Labute approximate surface area is 127 Å². The summed E-state index contributed by atoms with van der Waals surface area (Å²) in [6, 6.07) is 8.97.